The minimum absolute atomic E-state index is 0.252. The summed E-state index contributed by atoms with van der Waals surface area (Å²) in [6.45, 7) is 7.06. The second kappa shape index (κ2) is 13.3. The maximum atomic E-state index is 12.4. The highest BCUT2D eigenvalue weighted by molar-refractivity contribution is 7.57. The molecule has 1 aromatic rings. The minimum atomic E-state index is -2.90. The fraction of sp³-hybridized carbons (Fsp3) is 0.682. The molecule has 0 bridgehead atoms. The van der Waals surface area contributed by atoms with Crippen LogP contribution in [0.1, 0.15) is 86.2 Å². The zero-order valence-electron chi connectivity index (χ0n) is 17.4. The molecule has 0 aliphatic carbocycles. The fourth-order valence-electron chi connectivity index (χ4n) is 3.26. The molecule has 5 heteroatoms. The lowest BCUT2D eigenvalue weighted by Crippen LogP contribution is -2.16. The van der Waals surface area contributed by atoms with Gasteiger partial charge in [-0.05, 0) is 37.4 Å². The monoisotopic (exact) mass is 395 g/mol. The standard InChI is InChI=1S/C22H38NO3P/c1-4-5-6-7-8-9-10-12-22(24)21-14-13-20(17-19(21)2)18-23-15-11-16-27(3,25)26/h13-14,17,23H,4-12,15-16,18H2,1-3H3,(H,25,26). The molecule has 0 aliphatic heterocycles. The van der Waals surface area contributed by atoms with Crippen LogP contribution >= 0.6 is 7.37 Å². The van der Waals surface area contributed by atoms with Gasteiger partial charge in [0.15, 0.2) is 13.2 Å². The van der Waals surface area contributed by atoms with E-state index in [1.165, 1.54) is 38.8 Å². The number of benzene rings is 1. The summed E-state index contributed by atoms with van der Waals surface area (Å²) >= 11 is 0. The van der Waals surface area contributed by atoms with Gasteiger partial charge in [0, 0.05) is 31.4 Å². The van der Waals surface area contributed by atoms with Crippen LogP contribution in [0.15, 0.2) is 18.2 Å². The lowest BCUT2D eigenvalue weighted by atomic mass is 9.98. The molecule has 1 rings (SSSR count). The van der Waals surface area contributed by atoms with Crippen LogP contribution in [0.5, 0.6) is 0 Å². The Morgan fingerprint density at radius 3 is 2.37 bits per heavy atom. The first-order valence-electron chi connectivity index (χ1n) is 10.5. The Labute approximate surface area is 165 Å². The highest BCUT2D eigenvalue weighted by Gasteiger charge is 2.10. The van der Waals surface area contributed by atoms with Crippen molar-refractivity contribution in [3.05, 3.63) is 34.9 Å². The highest BCUT2D eigenvalue weighted by atomic mass is 31.2. The van der Waals surface area contributed by atoms with Crippen molar-refractivity contribution in [2.24, 2.45) is 0 Å². The summed E-state index contributed by atoms with van der Waals surface area (Å²) in [5.74, 6) is 0.252. The van der Waals surface area contributed by atoms with E-state index in [0.717, 1.165) is 36.1 Å². The summed E-state index contributed by atoms with van der Waals surface area (Å²) < 4.78 is 11.2. The lowest BCUT2D eigenvalue weighted by molar-refractivity contribution is 0.0978. The van der Waals surface area contributed by atoms with Crippen molar-refractivity contribution < 1.29 is 14.3 Å². The molecule has 0 amide bonds. The van der Waals surface area contributed by atoms with Crippen molar-refractivity contribution in [3.63, 3.8) is 0 Å². The van der Waals surface area contributed by atoms with Crippen LogP contribution in [-0.2, 0) is 11.1 Å². The second-order valence-corrected chi connectivity index (χ2v) is 10.3. The van der Waals surface area contributed by atoms with Crippen molar-refractivity contribution in [1.82, 2.24) is 5.32 Å². The van der Waals surface area contributed by atoms with E-state index >= 15 is 0 Å². The molecular formula is C22H38NO3P. The maximum absolute atomic E-state index is 12.4. The van der Waals surface area contributed by atoms with Crippen LogP contribution in [0.25, 0.3) is 0 Å². The molecule has 1 atom stereocenters. The van der Waals surface area contributed by atoms with Crippen LogP contribution in [0, 0.1) is 6.92 Å². The number of Topliss-reactive ketones (excluding diaryl/α,β-unsaturated/α-hetero) is 1. The first kappa shape index (κ1) is 24.1. The topological polar surface area (TPSA) is 66.4 Å². The fourth-order valence-corrected chi connectivity index (χ4v) is 4.00. The van der Waals surface area contributed by atoms with E-state index in [0.29, 0.717) is 25.5 Å². The SMILES string of the molecule is CCCCCCCCCC(=O)c1ccc(CNCCCP(C)(=O)O)cc1C. The quantitative estimate of drug-likeness (QED) is 0.227. The van der Waals surface area contributed by atoms with Crippen molar-refractivity contribution in [2.45, 2.75) is 78.2 Å². The van der Waals surface area contributed by atoms with Gasteiger partial charge in [-0.2, -0.15) is 0 Å². The van der Waals surface area contributed by atoms with Crippen LogP contribution in [0.3, 0.4) is 0 Å². The minimum Gasteiger partial charge on any atom is -0.344 e. The summed E-state index contributed by atoms with van der Waals surface area (Å²) in [4.78, 5) is 21.7. The average Bonchev–Trinajstić information content (AvgIpc) is 2.59. The average molecular weight is 396 g/mol. The van der Waals surface area contributed by atoms with E-state index in [1.54, 1.807) is 0 Å². The molecule has 0 radical (unpaired) electrons. The molecule has 0 fully saturated rings. The van der Waals surface area contributed by atoms with Gasteiger partial charge in [-0.15, -0.1) is 0 Å². The predicted molar refractivity (Wildman–Crippen MR) is 115 cm³/mol. The second-order valence-electron chi connectivity index (χ2n) is 7.75. The van der Waals surface area contributed by atoms with Gasteiger partial charge >= 0.3 is 0 Å². The Hall–Kier alpha value is -0.960. The highest BCUT2D eigenvalue weighted by Crippen LogP contribution is 2.35. The van der Waals surface area contributed by atoms with Crippen molar-refractivity contribution in [1.29, 1.82) is 0 Å². The summed E-state index contributed by atoms with van der Waals surface area (Å²) in [5, 5.41) is 3.30. The van der Waals surface area contributed by atoms with Crippen molar-refractivity contribution in [3.8, 4) is 0 Å². The third-order valence-corrected chi connectivity index (χ3v) is 6.00. The molecular weight excluding hydrogens is 357 g/mol. The number of unbranched alkanes of at least 4 members (excludes halogenated alkanes) is 6. The Kier molecular flexibility index (Phi) is 11.8. The first-order chi connectivity index (χ1) is 12.8. The number of hydrogen-bond acceptors (Lipinski definition) is 3. The smallest absolute Gasteiger partial charge is 0.197 e. The third-order valence-electron chi connectivity index (χ3n) is 4.85. The van der Waals surface area contributed by atoms with Gasteiger partial charge in [0.25, 0.3) is 0 Å². The largest absolute Gasteiger partial charge is 0.344 e. The molecule has 4 nitrogen and oxygen atoms in total. The van der Waals surface area contributed by atoms with Gasteiger partial charge in [-0.1, -0.05) is 63.6 Å². The molecule has 1 unspecified atom stereocenters. The zero-order chi connectivity index (χ0) is 20.1. The molecule has 27 heavy (non-hydrogen) atoms. The number of hydrogen-bond donors (Lipinski definition) is 2. The van der Waals surface area contributed by atoms with E-state index in [4.69, 9.17) is 0 Å². The number of carbonyl (C=O) groups is 1. The Morgan fingerprint density at radius 2 is 1.74 bits per heavy atom. The van der Waals surface area contributed by atoms with Crippen molar-refractivity contribution >= 4 is 13.2 Å². The van der Waals surface area contributed by atoms with E-state index < -0.39 is 7.37 Å². The van der Waals surface area contributed by atoms with Gasteiger partial charge < -0.3 is 10.2 Å². The third kappa shape index (κ3) is 11.5. The Bertz CT molecular complexity index is 610. The summed E-state index contributed by atoms with van der Waals surface area (Å²) in [5.41, 5.74) is 3.02. The Balaban J connectivity index is 2.30. The van der Waals surface area contributed by atoms with E-state index in [1.807, 2.05) is 19.1 Å². The first-order valence-corrected chi connectivity index (χ1v) is 12.8. The van der Waals surface area contributed by atoms with Gasteiger partial charge in [0.05, 0.1) is 0 Å². The maximum Gasteiger partial charge on any atom is 0.197 e. The normalized spacial score (nSPS) is 13.5. The zero-order valence-corrected chi connectivity index (χ0v) is 18.3. The van der Waals surface area contributed by atoms with E-state index in [2.05, 4.69) is 18.3 Å². The number of nitrogens with one attached hydrogen (secondary N) is 1. The predicted octanol–water partition coefficient (Wildman–Crippen LogP) is 5.70. The van der Waals surface area contributed by atoms with Crippen LogP contribution in [0.2, 0.25) is 0 Å². The molecule has 0 saturated heterocycles. The number of carbonyl (C=O) groups excluding carboxylic acids is 1. The van der Waals surface area contributed by atoms with Gasteiger partial charge in [0.1, 0.15) is 0 Å². The van der Waals surface area contributed by atoms with Gasteiger partial charge in [-0.25, -0.2) is 0 Å². The number of aryl methyl sites for hydroxylation is 1. The molecule has 0 spiro atoms. The summed E-state index contributed by atoms with van der Waals surface area (Å²) in [6, 6.07) is 6.03. The molecule has 1 aromatic carbocycles. The lowest BCUT2D eigenvalue weighted by Gasteiger charge is -2.10. The Morgan fingerprint density at radius 1 is 1.07 bits per heavy atom. The van der Waals surface area contributed by atoms with Gasteiger partial charge in [-0.3, -0.25) is 9.36 Å². The van der Waals surface area contributed by atoms with E-state index in [-0.39, 0.29) is 5.78 Å². The number of rotatable bonds is 15. The molecule has 0 heterocycles. The van der Waals surface area contributed by atoms with Crippen molar-refractivity contribution in [2.75, 3.05) is 19.4 Å². The van der Waals surface area contributed by atoms with Crippen LogP contribution < -0.4 is 5.32 Å². The molecule has 2 N–H and O–H groups in total. The van der Waals surface area contributed by atoms with Crippen LogP contribution in [0.4, 0.5) is 0 Å². The molecule has 0 aliphatic rings. The molecule has 0 saturated carbocycles. The number of ketones is 1. The van der Waals surface area contributed by atoms with Gasteiger partial charge in [0.2, 0.25) is 0 Å². The molecule has 154 valence electrons. The molecule has 0 aromatic heterocycles. The van der Waals surface area contributed by atoms with E-state index in [9.17, 15) is 14.3 Å². The van der Waals surface area contributed by atoms with Crippen LogP contribution in [-0.4, -0.2) is 30.0 Å². The summed E-state index contributed by atoms with van der Waals surface area (Å²) in [6.07, 6.45) is 10.3. The summed E-state index contributed by atoms with van der Waals surface area (Å²) in [7, 11) is -2.90.